The van der Waals surface area contributed by atoms with Crippen molar-refractivity contribution in [2.45, 2.75) is 38.3 Å². The highest BCUT2D eigenvalue weighted by atomic mass is 16.5. The number of aliphatic hydroxyl groups is 1. The Labute approximate surface area is 98.8 Å². The smallest absolute Gasteiger partial charge is 0.0621 e. The van der Waals surface area contributed by atoms with Crippen LogP contribution in [0.2, 0.25) is 0 Å². The van der Waals surface area contributed by atoms with Gasteiger partial charge in [-0.05, 0) is 32.6 Å². The fourth-order valence-electron chi connectivity index (χ4n) is 2.03. The molecule has 0 heterocycles. The Bertz CT molecular complexity index is 205. The molecule has 0 aromatic rings. The minimum Gasteiger partial charge on any atom is -0.394 e. The maximum Gasteiger partial charge on any atom is 0.0621 e. The van der Waals surface area contributed by atoms with Crippen molar-refractivity contribution in [3.05, 3.63) is 0 Å². The lowest BCUT2D eigenvalue weighted by Gasteiger charge is -2.35. The van der Waals surface area contributed by atoms with Crippen LogP contribution < -0.4 is 5.73 Å². The van der Waals surface area contributed by atoms with Crippen molar-refractivity contribution in [1.82, 2.24) is 4.90 Å². The second-order valence-electron chi connectivity index (χ2n) is 5.35. The van der Waals surface area contributed by atoms with Gasteiger partial charge in [-0.3, -0.25) is 4.90 Å². The molecule has 4 nitrogen and oxygen atoms in total. The summed E-state index contributed by atoms with van der Waals surface area (Å²) in [6.45, 7) is 6.51. The van der Waals surface area contributed by atoms with Gasteiger partial charge in [0.1, 0.15) is 0 Å². The maximum absolute atomic E-state index is 9.22. The van der Waals surface area contributed by atoms with E-state index in [1.807, 2.05) is 6.92 Å². The number of nitrogens with two attached hydrogens (primary N) is 1. The van der Waals surface area contributed by atoms with Gasteiger partial charge in [-0.1, -0.05) is 0 Å². The van der Waals surface area contributed by atoms with Crippen LogP contribution in [0.5, 0.6) is 0 Å². The lowest BCUT2D eigenvalue weighted by atomic mass is 10.0. The Morgan fingerprint density at radius 1 is 1.56 bits per heavy atom. The molecule has 2 atom stereocenters. The van der Waals surface area contributed by atoms with Crippen LogP contribution in [0.1, 0.15) is 26.7 Å². The highest BCUT2D eigenvalue weighted by molar-refractivity contribution is 4.90. The molecule has 0 bridgehead atoms. The van der Waals surface area contributed by atoms with Gasteiger partial charge in [0.25, 0.3) is 0 Å². The van der Waals surface area contributed by atoms with Crippen LogP contribution >= 0.6 is 0 Å². The number of aliphatic hydroxyl groups excluding tert-OH is 1. The Hall–Kier alpha value is -0.160. The molecule has 0 aromatic heterocycles. The summed E-state index contributed by atoms with van der Waals surface area (Å²) < 4.78 is 5.13. The van der Waals surface area contributed by atoms with Gasteiger partial charge in [-0.2, -0.15) is 0 Å². The fourth-order valence-corrected chi connectivity index (χ4v) is 2.03. The van der Waals surface area contributed by atoms with Crippen molar-refractivity contribution < 1.29 is 9.84 Å². The van der Waals surface area contributed by atoms with Crippen molar-refractivity contribution in [2.24, 2.45) is 11.7 Å². The second-order valence-corrected chi connectivity index (χ2v) is 5.35. The molecule has 0 saturated heterocycles. The summed E-state index contributed by atoms with van der Waals surface area (Å²) in [7, 11) is 1.72. The number of methoxy groups -OCH3 is 1. The topological polar surface area (TPSA) is 58.7 Å². The Kier molecular flexibility index (Phi) is 5.18. The van der Waals surface area contributed by atoms with Gasteiger partial charge in [-0.25, -0.2) is 0 Å². The Morgan fingerprint density at radius 3 is 2.62 bits per heavy atom. The van der Waals surface area contributed by atoms with E-state index in [0.717, 1.165) is 25.6 Å². The number of hydrogen-bond acceptors (Lipinski definition) is 4. The first kappa shape index (κ1) is 13.9. The zero-order valence-corrected chi connectivity index (χ0v) is 10.8. The van der Waals surface area contributed by atoms with Crippen molar-refractivity contribution >= 4 is 0 Å². The summed E-state index contributed by atoms with van der Waals surface area (Å²) in [5.74, 6) is 0.811. The average Bonchev–Trinajstić information content (AvgIpc) is 3.07. The predicted molar refractivity (Wildman–Crippen MR) is 65.3 cm³/mol. The zero-order chi connectivity index (χ0) is 12.2. The van der Waals surface area contributed by atoms with E-state index in [0.29, 0.717) is 6.04 Å². The maximum atomic E-state index is 9.22. The molecule has 4 heteroatoms. The standard InChI is InChI=1S/C12H26N2O2/c1-10(11-4-5-11)14(6-7-16-3)8-12(2,13)9-15/h10-11,15H,4-9,13H2,1-3H3. The monoisotopic (exact) mass is 230 g/mol. The van der Waals surface area contributed by atoms with E-state index in [9.17, 15) is 5.11 Å². The molecule has 1 saturated carbocycles. The molecule has 1 aliphatic rings. The minimum absolute atomic E-state index is 0.0217. The van der Waals surface area contributed by atoms with Crippen LogP contribution in [0.4, 0.5) is 0 Å². The third-order valence-electron chi connectivity index (χ3n) is 3.39. The predicted octanol–water partition coefficient (Wildman–Crippen LogP) is 0.443. The highest BCUT2D eigenvalue weighted by Crippen LogP contribution is 2.35. The largest absolute Gasteiger partial charge is 0.394 e. The molecule has 1 fully saturated rings. The molecule has 96 valence electrons. The third kappa shape index (κ3) is 4.37. The summed E-state index contributed by atoms with van der Waals surface area (Å²) in [6.07, 6.45) is 2.65. The molecule has 1 rings (SSSR count). The van der Waals surface area contributed by atoms with E-state index in [4.69, 9.17) is 10.5 Å². The minimum atomic E-state index is -0.517. The van der Waals surface area contributed by atoms with Crippen molar-refractivity contribution in [3.8, 4) is 0 Å². The Balaban J connectivity index is 2.48. The molecule has 16 heavy (non-hydrogen) atoms. The molecule has 2 unspecified atom stereocenters. The van der Waals surface area contributed by atoms with Crippen molar-refractivity contribution in [1.29, 1.82) is 0 Å². The molecule has 0 spiro atoms. The zero-order valence-electron chi connectivity index (χ0n) is 10.8. The van der Waals surface area contributed by atoms with E-state index in [1.165, 1.54) is 12.8 Å². The van der Waals surface area contributed by atoms with E-state index in [2.05, 4.69) is 11.8 Å². The molecule has 3 N–H and O–H groups in total. The lowest BCUT2D eigenvalue weighted by molar-refractivity contribution is 0.0816. The van der Waals surface area contributed by atoms with Crippen LogP contribution in [0.25, 0.3) is 0 Å². The molecule has 0 aromatic carbocycles. The van der Waals surface area contributed by atoms with E-state index in [-0.39, 0.29) is 6.61 Å². The molecule has 0 radical (unpaired) electrons. The summed E-state index contributed by atoms with van der Waals surface area (Å²) in [5, 5.41) is 9.22. The lowest BCUT2D eigenvalue weighted by Crippen LogP contribution is -2.53. The normalized spacial score (nSPS) is 22.1. The molecule has 1 aliphatic carbocycles. The van der Waals surface area contributed by atoms with E-state index >= 15 is 0 Å². The summed E-state index contributed by atoms with van der Waals surface area (Å²) in [6, 6.07) is 0.546. The van der Waals surface area contributed by atoms with Gasteiger partial charge in [0, 0.05) is 31.8 Å². The summed E-state index contributed by atoms with van der Waals surface area (Å²) in [4.78, 5) is 2.34. The highest BCUT2D eigenvalue weighted by Gasteiger charge is 2.34. The van der Waals surface area contributed by atoms with Gasteiger partial charge < -0.3 is 15.6 Å². The third-order valence-corrected chi connectivity index (χ3v) is 3.39. The first-order valence-electron chi connectivity index (χ1n) is 6.13. The van der Waals surface area contributed by atoms with Crippen LogP contribution in [0.3, 0.4) is 0 Å². The molecular weight excluding hydrogens is 204 g/mol. The summed E-state index contributed by atoms with van der Waals surface area (Å²) >= 11 is 0. The average molecular weight is 230 g/mol. The van der Waals surface area contributed by atoms with Crippen LogP contribution in [-0.2, 0) is 4.74 Å². The first-order valence-corrected chi connectivity index (χ1v) is 6.13. The van der Waals surface area contributed by atoms with Crippen LogP contribution in [0.15, 0.2) is 0 Å². The molecule has 0 amide bonds. The number of rotatable bonds is 8. The van der Waals surface area contributed by atoms with Gasteiger partial charge in [0.15, 0.2) is 0 Å². The van der Waals surface area contributed by atoms with E-state index in [1.54, 1.807) is 7.11 Å². The van der Waals surface area contributed by atoms with Crippen molar-refractivity contribution in [3.63, 3.8) is 0 Å². The number of nitrogens with zero attached hydrogens (tertiary/aromatic N) is 1. The van der Waals surface area contributed by atoms with Crippen molar-refractivity contribution in [2.75, 3.05) is 33.4 Å². The van der Waals surface area contributed by atoms with Crippen LogP contribution in [0, 0.1) is 5.92 Å². The summed E-state index contributed by atoms with van der Waals surface area (Å²) in [5.41, 5.74) is 5.50. The van der Waals surface area contributed by atoms with Gasteiger partial charge >= 0.3 is 0 Å². The second kappa shape index (κ2) is 5.96. The molecule has 0 aliphatic heterocycles. The van der Waals surface area contributed by atoms with Gasteiger partial charge in [0.2, 0.25) is 0 Å². The van der Waals surface area contributed by atoms with Gasteiger partial charge in [-0.15, -0.1) is 0 Å². The van der Waals surface area contributed by atoms with Crippen LogP contribution in [-0.4, -0.2) is 55.0 Å². The quantitative estimate of drug-likeness (QED) is 0.635. The van der Waals surface area contributed by atoms with E-state index < -0.39 is 5.54 Å². The SMILES string of the molecule is COCCN(CC(C)(N)CO)C(C)C1CC1. The van der Waals surface area contributed by atoms with Gasteiger partial charge in [0.05, 0.1) is 13.2 Å². The number of hydrogen-bond donors (Lipinski definition) is 2. The number of ether oxygens (including phenoxy) is 1. The molecular formula is C12H26N2O2. The Morgan fingerprint density at radius 2 is 2.19 bits per heavy atom. The fraction of sp³-hybridized carbons (Fsp3) is 1.00. The first-order chi connectivity index (χ1) is 7.50.